The first-order valence-electron chi connectivity index (χ1n) is 4.41. The summed E-state index contributed by atoms with van der Waals surface area (Å²) in [5.41, 5.74) is -2.07. The zero-order chi connectivity index (χ0) is 12.3. The number of hydrogen-bond acceptors (Lipinski definition) is 4. The van der Waals surface area contributed by atoms with Gasteiger partial charge in [-0.05, 0) is 18.4 Å². The molecule has 0 spiro atoms. The predicted molar refractivity (Wildman–Crippen MR) is 56.6 cm³/mol. The van der Waals surface area contributed by atoms with Gasteiger partial charge in [0, 0.05) is 6.42 Å². The number of carboxylic acids is 2. The third-order valence-corrected chi connectivity index (χ3v) is 3.17. The van der Waals surface area contributed by atoms with Crippen LogP contribution in [0.3, 0.4) is 0 Å². The Kier molecular flexibility index (Phi) is 3.44. The molecule has 0 aliphatic carbocycles. The number of thiophene rings is 1. The van der Waals surface area contributed by atoms with E-state index in [-0.39, 0.29) is 0 Å². The molecule has 1 aromatic rings. The molecule has 0 unspecified atom stereocenters. The van der Waals surface area contributed by atoms with Gasteiger partial charge in [-0.2, -0.15) is 0 Å². The number of rotatable bonds is 5. The molecule has 0 amide bonds. The van der Waals surface area contributed by atoms with Gasteiger partial charge < -0.3 is 10.2 Å². The van der Waals surface area contributed by atoms with Crippen molar-refractivity contribution >= 4 is 29.1 Å². The second-order valence-corrected chi connectivity index (χ2v) is 4.47. The van der Waals surface area contributed by atoms with Gasteiger partial charge in [-0.15, -0.1) is 11.3 Å². The number of hydrogen-bond donors (Lipinski definition) is 2. The summed E-state index contributed by atoms with van der Waals surface area (Å²) in [6, 6.07) is 3.19. The van der Waals surface area contributed by atoms with E-state index in [1.165, 1.54) is 6.07 Å². The number of Topliss-reactive ketones (excluding diaryl/α,β-unsaturated/α-hetero) is 1. The van der Waals surface area contributed by atoms with Crippen LogP contribution in [0.4, 0.5) is 0 Å². The number of aliphatic carboxylic acids is 2. The van der Waals surface area contributed by atoms with Crippen molar-refractivity contribution in [2.75, 3.05) is 0 Å². The first-order chi connectivity index (χ1) is 7.38. The average Bonchev–Trinajstić information content (AvgIpc) is 2.69. The molecule has 86 valence electrons. The van der Waals surface area contributed by atoms with E-state index < -0.39 is 29.6 Å². The van der Waals surface area contributed by atoms with Gasteiger partial charge in [0.25, 0.3) is 0 Å². The van der Waals surface area contributed by atoms with Crippen molar-refractivity contribution in [2.24, 2.45) is 5.41 Å². The minimum atomic E-state index is -2.07. The summed E-state index contributed by atoms with van der Waals surface area (Å²) in [6.07, 6.45) is -0.543. The largest absolute Gasteiger partial charge is 0.480 e. The molecule has 16 heavy (non-hydrogen) atoms. The topological polar surface area (TPSA) is 91.7 Å². The van der Waals surface area contributed by atoms with E-state index in [2.05, 4.69) is 0 Å². The van der Waals surface area contributed by atoms with Crippen molar-refractivity contribution in [1.82, 2.24) is 0 Å². The molecule has 1 rings (SSSR count). The van der Waals surface area contributed by atoms with Crippen LogP contribution < -0.4 is 0 Å². The molecule has 1 aromatic heterocycles. The average molecular weight is 242 g/mol. The molecule has 0 radical (unpaired) electrons. The first-order valence-corrected chi connectivity index (χ1v) is 5.29. The molecule has 5 nitrogen and oxygen atoms in total. The zero-order valence-corrected chi connectivity index (χ0v) is 9.28. The van der Waals surface area contributed by atoms with E-state index in [0.717, 1.165) is 18.3 Å². The highest BCUT2D eigenvalue weighted by atomic mass is 32.1. The van der Waals surface area contributed by atoms with Crippen molar-refractivity contribution in [3.63, 3.8) is 0 Å². The molecule has 0 fully saturated rings. The lowest BCUT2D eigenvalue weighted by atomic mass is 9.85. The second-order valence-electron chi connectivity index (χ2n) is 3.52. The van der Waals surface area contributed by atoms with Crippen LogP contribution in [0.5, 0.6) is 0 Å². The number of carbonyl (C=O) groups excluding carboxylic acids is 1. The summed E-state index contributed by atoms with van der Waals surface area (Å²) >= 11 is 1.16. The van der Waals surface area contributed by atoms with Crippen LogP contribution in [0.25, 0.3) is 0 Å². The molecule has 0 aliphatic rings. The third kappa shape index (κ3) is 2.27. The van der Waals surface area contributed by atoms with E-state index in [1.54, 1.807) is 11.4 Å². The van der Waals surface area contributed by atoms with Gasteiger partial charge in [0.15, 0.2) is 11.2 Å². The Hall–Kier alpha value is -1.69. The van der Waals surface area contributed by atoms with E-state index in [9.17, 15) is 14.4 Å². The van der Waals surface area contributed by atoms with E-state index in [1.807, 2.05) is 0 Å². The third-order valence-electron chi connectivity index (χ3n) is 2.25. The van der Waals surface area contributed by atoms with Gasteiger partial charge in [-0.3, -0.25) is 14.4 Å². The van der Waals surface area contributed by atoms with Gasteiger partial charge in [0.2, 0.25) is 0 Å². The Labute approximate surface area is 95.3 Å². The van der Waals surface area contributed by atoms with Crippen molar-refractivity contribution in [3.05, 3.63) is 22.4 Å². The molecular formula is C10H10O5S. The molecule has 0 saturated carbocycles. The van der Waals surface area contributed by atoms with Crippen molar-refractivity contribution in [2.45, 2.75) is 13.3 Å². The first kappa shape index (κ1) is 12.4. The monoisotopic (exact) mass is 242 g/mol. The van der Waals surface area contributed by atoms with Crippen molar-refractivity contribution in [3.8, 4) is 0 Å². The maximum absolute atomic E-state index is 11.6. The summed E-state index contributed by atoms with van der Waals surface area (Å²) in [4.78, 5) is 33.7. The molecule has 0 aliphatic heterocycles. The van der Waals surface area contributed by atoms with E-state index in [0.29, 0.717) is 4.88 Å². The van der Waals surface area contributed by atoms with Crippen LogP contribution in [0.2, 0.25) is 0 Å². The molecule has 1 heterocycles. The smallest absolute Gasteiger partial charge is 0.321 e. The normalized spacial score (nSPS) is 11.1. The van der Waals surface area contributed by atoms with Crippen molar-refractivity contribution < 1.29 is 24.6 Å². The van der Waals surface area contributed by atoms with Crippen LogP contribution in [-0.2, 0) is 9.59 Å². The predicted octanol–water partition coefficient (Wildman–Crippen LogP) is 1.50. The molecule has 6 heteroatoms. The lowest BCUT2D eigenvalue weighted by molar-refractivity contribution is -0.163. The molecule has 0 aromatic carbocycles. The maximum atomic E-state index is 11.6. The van der Waals surface area contributed by atoms with Crippen molar-refractivity contribution in [1.29, 1.82) is 0 Å². The van der Waals surface area contributed by atoms with Crippen LogP contribution in [0.15, 0.2) is 17.5 Å². The molecular weight excluding hydrogens is 232 g/mol. The Bertz CT molecular complexity index is 406. The van der Waals surface area contributed by atoms with Crippen LogP contribution >= 0.6 is 11.3 Å². The molecule has 0 bridgehead atoms. The molecule has 2 N–H and O–H groups in total. The Morgan fingerprint density at radius 1 is 1.31 bits per heavy atom. The van der Waals surface area contributed by atoms with Crippen LogP contribution in [-0.4, -0.2) is 27.9 Å². The Morgan fingerprint density at radius 2 is 1.88 bits per heavy atom. The summed E-state index contributed by atoms with van der Waals surface area (Å²) in [5.74, 6) is -3.49. The summed E-state index contributed by atoms with van der Waals surface area (Å²) in [5, 5.41) is 19.3. The minimum absolute atomic E-state index is 0.369. The molecule has 0 saturated heterocycles. The van der Waals surface area contributed by atoms with E-state index >= 15 is 0 Å². The fourth-order valence-electron chi connectivity index (χ4n) is 1.09. The quantitative estimate of drug-likeness (QED) is 0.603. The summed E-state index contributed by atoms with van der Waals surface area (Å²) in [7, 11) is 0. The van der Waals surface area contributed by atoms with E-state index in [4.69, 9.17) is 10.2 Å². The van der Waals surface area contributed by atoms with Gasteiger partial charge in [-0.1, -0.05) is 6.07 Å². The lowest BCUT2D eigenvalue weighted by Crippen LogP contribution is -2.38. The Morgan fingerprint density at radius 3 is 2.25 bits per heavy atom. The van der Waals surface area contributed by atoms with Crippen LogP contribution in [0.1, 0.15) is 23.0 Å². The highest BCUT2D eigenvalue weighted by Crippen LogP contribution is 2.25. The second kappa shape index (κ2) is 4.44. The Balaban J connectivity index is 2.90. The van der Waals surface area contributed by atoms with Gasteiger partial charge >= 0.3 is 11.9 Å². The fourth-order valence-corrected chi connectivity index (χ4v) is 1.75. The zero-order valence-electron chi connectivity index (χ0n) is 8.47. The van der Waals surface area contributed by atoms with Crippen LogP contribution in [0, 0.1) is 5.41 Å². The standard InChI is InChI=1S/C10H10O5S/c1-10(8(12)13,9(14)15)5-6(11)7-3-2-4-16-7/h2-4H,5H2,1H3,(H,12,13)(H,14,15). The number of ketones is 1. The number of carbonyl (C=O) groups is 3. The lowest BCUT2D eigenvalue weighted by Gasteiger charge is -2.17. The fraction of sp³-hybridized carbons (Fsp3) is 0.300. The SMILES string of the molecule is CC(CC(=O)c1cccs1)(C(=O)O)C(=O)O. The highest BCUT2D eigenvalue weighted by molar-refractivity contribution is 7.12. The highest BCUT2D eigenvalue weighted by Gasteiger charge is 2.43. The molecule has 0 atom stereocenters. The van der Waals surface area contributed by atoms with Gasteiger partial charge in [0.05, 0.1) is 4.88 Å². The summed E-state index contributed by atoms with van der Waals surface area (Å²) in [6.45, 7) is 1.03. The number of carboxylic acid groups (broad SMARTS) is 2. The van der Waals surface area contributed by atoms with Gasteiger partial charge in [0.1, 0.15) is 0 Å². The minimum Gasteiger partial charge on any atom is -0.480 e. The van der Waals surface area contributed by atoms with Gasteiger partial charge in [-0.25, -0.2) is 0 Å². The summed E-state index contributed by atoms with van der Waals surface area (Å²) < 4.78 is 0. The maximum Gasteiger partial charge on any atom is 0.321 e.